The van der Waals surface area contributed by atoms with E-state index in [-0.39, 0.29) is 11.5 Å². The quantitative estimate of drug-likeness (QED) is 0.458. The fourth-order valence-corrected chi connectivity index (χ4v) is 3.93. The predicted molar refractivity (Wildman–Crippen MR) is 124 cm³/mol. The Bertz CT molecular complexity index is 1150. The van der Waals surface area contributed by atoms with Gasteiger partial charge in [0.05, 0.1) is 40.4 Å². The first-order valence-corrected chi connectivity index (χ1v) is 10.9. The average molecular weight is 485 g/mol. The topological polar surface area (TPSA) is 157 Å². The van der Waals surface area contributed by atoms with Crippen LogP contribution in [0.2, 0.25) is 0 Å². The highest BCUT2D eigenvalue weighted by Crippen LogP contribution is 2.36. The number of carbonyl (C=O) groups is 2. The summed E-state index contributed by atoms with van der Waals surface area (Å²) in [6, 6.07) is 7.47. The van der Waals surface area contributed by atoms with Crippen LogP contribution in [0, 0.1) is 20.2 Å². The van der Waals surface area contributed by atoms with Gasteiger partial charge in [-0.1, -0.05) is 0 Å². The van der Waals surface area contributed by atoms with Gasteiger partial charge in [0.2, 0.25) is 0 Å². The molecule has 0 aliphatic carbocycles. The molecule has 2 heterocycles. The molecule has 0 bridgehead atoms. The van der Waals surface area contributed by atoms with Crippen molar-refractivity contribution in [1.82, 2.24) is 4.90 Å². The zero-order valence-electron chi connectivity index (χ0n) is 18.8. The molecule has 2 aromatic rings. The number of nitrogens with one attached hydrogen (secondary N) is 1. The molecular formula is C22H23N5O8. The van der Waals surface area contributed by atoms with Crippen LogP contribution in [0.1, 0.15) is 17.3 Å². The molecule has 0 spiro atoms. The molecule has 13 heteroatoms. The summed E-state index contributed by atoms with van der Waals surface area (Å²) >= 11 is 0. The molecule has 1 atom stereocenters. The summed E-state index contributed by atoms with van der Waals surface area (Å²) in [4.78, 5) is 49.9. The molecule has 2 aliphatic heterocycles. The number of anilines is 2. The highest BCUT2D eigenvalue weighted by molar-refractivity contribution is 6.06. The third-order valence-corrected chi connectivity index (χ3v) is 5.76. The van der Waals surface area contributed by atoms with Crippen LogP contribution < -0.4 is 15.0 Å². The summed E-state index contributed by atoms with van der Waals surface area (Å²) in [5.74, 6) is -0.547. The number of rotatable bonds is 7. The van der Waals surface area contributed by atoms with Gasteiger partial charge in [-0.05, 0) is 19.1 Å². The number of hydrogen-bond acceptors (Lipinski definition) is 9. The predicted octanol–water partition coefficient (Wildman–Crippen LogP) is 2.20. The van der Waals surface area contributed by atoms with Gasteiger partial charge in [-0.25, -0.2) is 0 Å². The van der Waals surface area contributed by atoms with E-state index in [9.17, 15) is 29.8 Å². The molecule has 13 nitrogen and oxygen atoms in total. The third-order valence-electron chi connectivity index (χ3n) is 5.76. The summed E-state index contributed by atoms with van der Waals surface area (Å²) in [5, 5.41) is 24.8. The number of fused-ring (bicyclic) bond motifs is 1. The Hall–Kier alpha value is -4.10. The lowest BCUT2D eigenvalue weighted by Gasteiger charge is -2.35. The fourth-order valence-electron chi connectivity index (χ4n) is 3.93. The lowest BCUT2D eigenvalue weighted by molar-refractivity contribution is -0.394. The summed E-state index contributed by atoms with van der Waals surface area (Å²) in [7, 11) is 0. The average Bonchev–Trinajstić information content (AvgIpc) is 2.84. The smallest absolute Gasteiger partial charge is 0.277 e. The largest absolute Gasteiger partial charge is 0.479 e. The van der Waals surface area contributed by atoms with Crippen molar-refractivity contribution in [2.45, 2.75) is 13.0 Å². The molecule has 4 rings (SSSR count). The standard InChI is InChI=1S/C22H23N5O8/c1-14-22(29)25(5-4-24-6-8-34-9-7-24)19-3-2-16(12-20(19)35-14)23-21(28)15-10-17(26(30)31)13-18(11-15)27(32)33/h2-3,10-14H,4-9H2,1H3,(H,23,28). The molecule has 35 heavy (non-hydrogen) atoms. The molecule has 2 aliphatic rings. The molecule has 184 valence electrons. The number of nitrogens with zero attached hydrogens (tertiary/aromatic N) is 4. The number of amides is 2. The lowest BCUT2D eigenvalue weighted by atomic mass is 10.1. The maximum atomic E-state index is 12.8. The number of hydrogen-bond donors (Lipinski definition) is 1. The van der Waals surface area contributed by atoms with E-state index in [1.165, 1.54) is 0 Å². The van der Waals surface area contributed by atoms with E-state index in [1.54, 1.807) is 30.0 Å². The third kappa shape index (κ3) is 5.36. The van der Waals surface area contributed by atoms with Crippen LogP contribution in [0.5, 0.6) is 5.75 Å². The van der Waals surface area contributed by atoms with Gasteiger partial charge in [-0.15, -0.1) is 0 Å². The number of ether oxygens (including phenoxy) is 2. The Morgan fingerprint density at radius 1 is 1.06 bits per heavy atom. The summed E-state index contributed by atoms with van der Waals surface area (Å²) in [6.07, 6.45) is -0.724. The van der Waals surface area contributed by atoms with E-state index in [0.717, 1.165) is 31.3 Å². The molecule has 0 saturated carbocycles. The SMILES string of the molecule is CC1Oc2cc(NC(=O)c3cc([N+](=O)[O-])cc([N+](=O)[O-])c3)ccc2N(CCN2CCOCC2)C1=O. The molecule has 1 N–H and O–H groups in total. The van der Waals surface area contributed by atoms with Crippen LogP contribution in [-0.4, -0.2) is 72.1 Å². The normalized spacial score (nSPS) is 17.9. The second-order valence-electron chi connectivity index (χ2n) is 8.09. The van der Waals surface area contributed by atoms with Crippen LogP contribution >= 0.6 is 0 Å². The molecular weight excluding hydrogens is 462 g/mol. The van der Waals surface area contributed by atoms with E-state index >= 15 is 0 Å². The molecule has 2 aromatic carbocycles. The first-order chi connectivity index (χ1) is 16.7. The van der Waals surface area contributed by atoms with E-state index in [2.05, 4.69) is 10.2 Å². The van der Waals surface area contributed by atoms with Crippen LogP contribution in [0.3, 0.4) is 0 Å². The molecule has 0 aromatic heterocycles. The number of morpholine rings is 1. The number of non-ortho nitro benzene ring substituents is 2. The van der Waals surface area contributed by atoms with Crippen molar-refractivity contribution < 1.29 is 28.9 Å². The van der Waals surface area contributed by atoms with Gasteiger partial charge in [0.15, 0.2) is 6.10 Å². The van der Waals surface area contributed by atoms with E-state index < -0.39 is 33.2 Å². The van der Waals surface area contributed by atoms with Gasteiger partial charge in [0.25, 0.3) is 23.2 Å². The minimum Gasteiger partial charge on any atom is -0.479 e. The second-order valence-corrected chi connectivity index (χ2v) is 8.09. The second kappa shape index (κ2) is 10.0. The highest BCUT2D eigenvalue weighted by Gasteiger charge is 2.32. The maximum Gasteiger partial charge on any atom is 0.277 e. The molecule has 1 unspecified atom stereocenters. The van der Waals surface area contributed by atoms with E-state index in [1.807, 2.05) is 0 Å². The van der Waals surface area contributed by atoms with Crippen molar-refractivity contribution in [2.75, 3.05) is 49.6 Å². The number of nitro groups is 2. The summed E-state index contributed by atoms with van der Waals surface area (Å²) < 4.78 is 11.1. The van der Waals surface area contributed by atoms with Crippen molar-refractivity contribution in [2.24, 2.45) is 0 Å². The highest BCUT2D eigenvalue weighted by atomic mass is 16.6. The zero-order valence-corrected chi connectivity index (χ0v) is 18.8. The fraction of sp³-hybridized carbons (Fsp3) is 0.364. The molecule has 0 radical (unpaired) electrons. The Labute approximate surface area is 199 Å². The van der Waals surface area contributed by atoms with Crippen molar-refractivity contribution in [3.8, 4) is 5.75 Å². The van der Waals surface area contributed by atoms with Crippen LogP contribution in [0.25, 0.3) is 0 Å². The summed E-state index contributed by atoms with van der Waals surface area (Å²) in [5.41, 5.74) is -0.508. The monoisotopic (exact) mass is 485 g/mol. The Morgan fingerprint density at radius 3 is 2.34 bits per heavy atom. The number of benzene rings is 2. The Kier molecular flexibility index (Phi) is 6.89. The van der Waals surface area contributed by atoms with Gasteiger partial charge in [0, 0.05) is 50.1 Å². The van der Waals surface area contributed by atoms with E-state index in [4.69, 9.17) is 9.47 Å². The van der Waals surface area contributed by atoms with Gasteiger partial charge >= 0.3 is 0 Å². The van der Waals surface area contributed by atoms with Crippen LogP contribution in [0.4, 0.5) is 22.7 Å². The van der Waals surface area contributed by atoms with Crippen molar-refractivity contribution >= 4 is 34.6 Å². The summed E-state index contributed by atoms with van der Waals surface area (Å²) in [6.45, 7) is 5.67. The minimum absolute atomic E-state index is 0.175. The van der Waals surface area contributed by atoms with Gasteiger partial charge in [0.1, 0.15) is 5.75 Å². The van der Waals surface area contributed by atoms with E-state index in [0.29, 0.717) is 43.4 Å². The minimum atomic E-state index is -0.805. The van der Waals surface area contributed by atoms with Crippen molar-refractivity contribution in [1.29, 1.82) is 0 Å². The number of nitro benzene ring substituents is 2. The zero-order chi connectivity index (χ0) is 25.1. The molecule has 2 amide bonds. The maximum absolute atomic E-state index is 12.8. The first kappa shape index (κ1) is 24.0. The van der Waals surface area contributed by atoms with Gasteiger partial charge < -0.3 is 19.7 Å². The lowest BCUT2D eigenvalue weighted by Crippen LogP contribution is -2.48. The first-order valence-electron chi connectivity index (χ1n) is 10.9. The van der Waals surface area contributed by atoms with Crippen LogP contribution in [0.15, 0.2) is 36.4 Å². The molecule has 1 fully saturated rings. The van der Waals surface area contributed by atoms with Crippen molar-refractivity contribution in [3.63, 3.8) is 0 Å². The van der Waals surface area contributed by atoms with Gasteiger partial charge in [-0.3, -0.25) is 34.7 Å². The Morgan fingerprint density at radius 2 is 1.71 bits per heavy atom. The molecule has 1 saturated heterocycles. The number of carbonyl (C=O) groups excluding carboxylic acids is 2. The van der Waals surface area contributed by atoms with Gasteiger partial charge in [-0.2, -0.15) is 0 Å². The van der Waals surface area contributed by atoms with Crippen LogP contribution in [-0.2, 0) is 9.53 Å². The Balaban J connectivity index is 1.53. The van der Waals surface area contributed by atoms with Crippen molar-refractivity contribution in [3.05, 3.63) is 62.2 Å².